The summed E-state index contributed by atoms with van der Waals surface area (Å²) >= 11 is 0. The van der Waals surface area contributed by atoms with Gasteiger partial charge in [0, 0.05) is 0 Å². The van der Waals surface area contributed by atoms with Crippen LogP contribution in [0.1, 0.15) is 117 Å². The quantitative estimate of drug-likeness (QED) is 0.170. The molecule has 0 saturated carbocycles. The van der Waals surface area contributed by atoms with Crippen molar-refractivity contribution in [3.8, 4) is 0 Å². The fraction of sp³-hybridized carbons (Fsp3) is 1.00. The van der Waals surface area contributed by atoms with Crippen molar-refractivity contribution in [1.29, 1.82) is 0 Å². The second kappa shape index (κ2) is 15.7. The second-order valence-corrected chi connectivity index (χ2v) is 10.5. The monoisotopic (exact) mass is 396 g/mol. The summed E-state index contributed by atoms with van der Waals surface area (Å²) in [4.78, 5) is 0. The van der Waals surface area contributed by atoms with Crippen molar-refractivity contribution in [3.63, 3.8) is 0 Å². The maximum Gasteiger partial charge on any atom is 0.128 e. The SMILES string of the molecule is CCCCCCCCCC[N+]1(C)CC[N+](C)(CCCCCCCCCC)CC1. The molecule has 1 aliphatic heterocycles. The molecule has 1 aliphatic rings. The van der Waals surface area contributed by atoms with E-state index in [0.717, 1.165) is 0 Å². The minimum absolute atomic E-state index is 1.35. The van der Waals surface area contributed by atoms with E-state index in [4.69, 9.17) is 0 Å². The molecule has 28 heavy (non-hydrogen) atoms. The molecule has 1 saturated heterocycles. The smallest absolute Gasteiger partial charge is 0.128 e. The Labute approximate surface area is 179 Å². The Balaban J connectivity index is 2.03. The van der Waals surface area contributed by atoms with Crippen LogP contribution in [-0.2, 0) is 0 Å². The number of piperazine rings is 1. The largest absolute Gasteiger partial charge is 0.317 e. The first-order valence-electron chi connectivity index (χ1n) is 13.2. The zero-order valence-corrected chi connectivity index (χ0v) is 20.5. The summed E-state index contributed by atoms with van der Waals surface area (Å²) < 4.78 is 2.70. The summed E-state index contributed by atoms with van der Waals surface area (Å²) in [6.45, 7) is 13.1. The molecule has 0 atom stereocenters. The standard InChI is InChI=1S/C26H56N2/c1-5-7-9-11-13-15-17-19-21-27(3)23-25-28(4,26-24-27)22-20-18-16-14-12-10-8-6-2/h5-26H2,1-4H3/q+2. The van der Waals surface area contributed by atoms with Gasteiger partial charge in [0.15, 0.2) is 0 Å². The first-order chi connectivity index (χ1) is 13.5. The maximum atomic E-state index is 2.53. The minimum atomic E-state index is 1.35. The van der Waals surface area contributed by atoms with Crippen molar-refractivity contribution in [2.24, 2.45) is 0 Å². The molecule has 0 bridgehead atoms. The molecule has 0 spiro atoms. The summed E-state index contributed by atoms with van der Waals surface area (Å²) in [5.41, 5.74) is 0. The molecule has 0 aromatic rings. The van der Waals surface area contributed by atoms with Crippen molar-refractivity contribution in [2.45, 2.75) is 117 Å². The Hall–Kier alpha value is -0.0800. The number of likely N-dealkylation sites (N-methyl/N-ethyl adjacent to an activating group) is 2. The van der Waals surface area contributed by atoms with E-state index in [9.17, 15) is 0 Å². The number of hydrogen-bond acceptors (Lipinski definition) is 0. The highest BCUT2D eigenvalue weighted by Crippen LogP contribution is 2.19. The van der Waals surface area contributed by atoms with E-state index >= 15 is 0 Å². The maximum absolute atomic E-state index is 2.53. The fourth-order valence-electron chi connectivity index (χ4n) is 4.89. The van der Waals surface area contributed by atoms with Gasteiger partial charge in [-0.3, -0.25) is 0 Å². The van der Waals surface area contributed by atoms with Crippen LogP contribution in [-0.4, -0.2) is 62.3 Å². The third-order valence-corrected chi connectivity index (χ3v) is 7.46. The third-order valence-electron chi connectivity index (χ3n) is 7.46. The lowest BCUT2D eigenvalue weighted by atomic mass is 10.1. The number of quaternary nitrogens is 2. The number of rotatable bonds is 18. The number of nitrogens with zero attached hydrogens (tertiary/aromatic N) is 2. The normalized spacial score (nSPS) is 25.3. The van der Waals surface area contributed by atoms with Crippen LogP contribution >= 0.6 is 0 Å². The molecule has 0 amide bonds. The molecule has 0 aromatic carbocycles. The molecular weight excluding hydrogens is 340 g/mol. The highest BCUT2D eigenvalue weighted by atomic mass is 15.4. The van der Waals surface area contributed by atoms with Gasteiger partial charge in [0.25, 0.3) is 0 Å². The van der Waals surface area contributed by atoms with Crippen molar-refractivity contribution in [1.82, 2.24) is 0 Å². The lowest BCUT2D eigenvalue weighted by Gasteiger charge is -2.46. The molecule has 1 fully saturated rings. The average Bonchev–Trinajstić information content (AvgIpc) is 2.69. The van der Waals surface area contributed by atoms with E-state index in [0.29, 0.717) is 0 Å². The lowest BCUT2D eigenvalue weighted by molar-refractivity contribution is -1.02. The van der Waals surface area contributed by atoms with Crippen molar-refractivity contribution >= 4 is 0 Å². The van der Waals surface area contributed by atoms with Crippen molar-refractivity contribution < 1.29 is 8.97 Å². The topological polar surface area (TPSA) is 0 Å². The van der Waals surface area contributed by atoms with Crippen LogP contribution in [0.3, 0.4) is 0 Å². The Bertz CT molecular complexity index is 310. The Morgan fingerprint density at radius 1 is 0.393 bits per heavy atom. The highest BCUT2D eigenvalue weighted by Gasteiger charge is 2.36. The van der Waals surface area contributed by atoms with Crippen LogP contribution in [0, 0.1) is 0 Å². The van der Waals surface area contributed by atoms with Gasteiger partial charge in [0.1, 0.15) is 26.2 Å². The van der Waals surface area contributed by atoms with E-state index in [1.807, 2.05) is 0 Å². The fourth-order valence-corrected chi connectivity index (χ4v) is 4.89. The van der Waals surface area contributed by atoms with Gasteiger partial charge < -0.3 is 8.97 Å². The first kappa shape index (κ1) is 26.0. The zero-order valence-electron chi connectivity index (χ0n) is 20.5. The van der Waals surface area contributed by atoms with Gasteiger partial charge in [-0.05, 0) is 25.7 Å². The number of hydrogen-bond donors (Lipinski definition) is 0. The highest BCUT2D eigenvalue weighted by molar-refractivity contribution is 4.54. The minimum Gasteiger partial charge on any atom is -0.317 e. The summed E-state index contributed by atoms with van der Waals surface area (Å²) in [7, 11) is 5.06. The van der Waals surface area contributed by atoms with Crippen LogP contribution in [0.4, 0.5) is 0 Å². The Kier molecular flexibility index (Phi) is 14.6. The summed E-state index contributed by atoms with van der Waals surface area (Å²) in [6.07, 6.45) is 23.2. The first-order valence-corrected chi connectivity index (χ1v) is 13.2. The van der Waals surface area contributed by atoms with Crippen LogP contribution in [0.25, 0.3) is 0 Å². The van der Waals surface area contributed by atoms with Gasteiger partial charge in [0.2, 0.25) is 0 Å². The molecule has 1 rings (SSSR count). The van der Waals surface area contributed by atoms with E-state index in [-0.39, 0.29) is 0 Å². The molecule has 0 aliphatic carbocycles. The molecule has 0 aromatic heterocycles. The van der Waals surface area contributed by atoms with Gasteiger partial charge in [0.05, 0.1) is 27.2 Å². The van der Waals surface area contributed by atoms with E-state index in [1.165, 1.54) is 151 Å². The van der Waals surface area contributed by atoms with Gasteiger partial charge >= 0.3 is 0 Å². The Morgan fingerprint density at radius 3 is 0.929 bits per heavy atom. The lowest BCUT2D eigenvalue weighted by Crippen LogP contribution is -2.64. The van der Waals surface area contributed by atoms with Gasteiger partial charge in [-0.15, -0.1) is 0 Å². The summed E-state index contributed by atoms with van der Waals surface area (Å²) in [5.74, 6) is 0. The molecule has 168 valence electrons. The second-order valence-electron chi connectivity index (χ2n) is 10.5. The molecule has 2 nitrogen and oxygen atoms in total. The molecule has 0 radical (unpaired) electrons. The summed E-state index contributed by atoms with van der Waals surface area (Å²) in [6, 6.07) is 0. The number of unbranched alkanes of at least 4 members (excludes halogenated alkanes) is 14. The third kappa shape index (κ3) is 12.5. The molecular formula is C26H56N2+2. The van der Waals surface area contributed by atoms with Crippen molar-refractivity contribution in [2.75, 3.05) is 53.4 Å². The average molecular weight is 397 g/mol. The van der Waals surface area contributed by atoms with Gasteiger partial charge in [-0.25, -0.2) is 0 Å². The van der Waals surface area contributed by atoms with Crippen LogP contribution < -0.4 is 0 Å². The molecule has 2 heteroatoms. The zero-order chi connectivity index (χ0) is 20.6. The Morgan fingerprint density at radius 2 is 0.643 bits per heavy atom. The van der Waals surface area contributed by atoms with Crippen LogP contribution in [0.15, 0.2) is 0 Å². The van der Waals surface area contributed by atoms with Crippen molar-refractivity contribution in [3.05, 3.63) is 0 Å². The predicted octanol–water partition coefficient (Wildman–Crippen LogP) is 7.17. The van der Waals surface area contributed by atoms with E-state index in [2.05, 4.69) is 27.9 Å². The van der Waals surface area contributed by atoms with E-state index < -0.39 is 0 Å². The van der Waals surface area contributed by atoms with Gasteiger partial charge in [-0.2, -0.15) is 0 Å². The predicted molar refractivity (Wildman–Crippen MR) is 127 cm³/mol. The molecule has 0 unspecified atom stereocenters. The summed E-state index contributed by atoms with van der Waals surface area (Å²) in [5, 5.41) is 0. The van der Waals surface area contributed by atoms with Gasteiger partial charge in [-0.1, -0.05) is 90.9 Å². The van der Waals surface area contributed by atoms with Crippen LogP contribution in [0.5, 0.6) is 0 Å². The van der Waals surface area contributed by atoms with Crippen LogP contribution in [0.2, 0.25) is 0 Å². The molecule has 1 heterocycles. The van der Waals surface area contributed by atoms with E-state index in [1.54, 1.807) is 0 Å². The molecule has 0 N–H and O–H groups in total.